The Labute approximate surface area is 183 Å². The fourth-order valence-electron chi connectivity index (χ4n) is 6.50. The highest BCUT2D eigenvalue weighted by molar-refractivity contribution is 5.98. The first-order chi connectivity index (χ1) is 15.1. The number of carbonyl (C=O) groups is 2. The fraction of sp³-hybridized carbons (Fsp3) is 0.609. The van der Waals surface area contributed by atoms with E-state index in [1.807, 2.05) is 12.1 Å². The van der Waals surface area contributed by atoms with E-state index >= 15 is 0 Å². The van der Waals surface area contributed by atoms with E-state index in [0.717, 1.165) is 29.0 Å². The van der Waals surface area contributed by atoms with Crippen LogP contribution in [-0.2, 0) is 4.79 Å². The average Bonchev–Trinajstić information content (AvgIpc) is 3.46. The number of carbonyl (C=O) groups excluding carboxylic acids is 2. The molecule has 32 heavy (non-hydrogen) atoms. The zero-order valence-electron chi connectivity index (χ0n) is 17.6. The molecule has 9 heteroatoms. The number of H-pyrrole nitrogens is 1. The van der Waals surface area contributed by atoms with Crippen LogP contribution in [0.5, 0.6) is 0 Å². The number of aromatic nitrogens is 2. The van der Waals surface area contributed by atoms with Crippen LogP contribution in [0.2, 0.25) is 0 Å². The molecule has 2 N–H and O–H groups in total. The number of nitrogens with zero attached hydrogens (tertiary/aromatic N) is 1. The van der Waals surface area contributed by atoms with Crippen LogP contribution in [0.4, 0.5) is 13.2 Å². The zero-order chi connectivity index (χ0) is 22.7. The van der Waals surface area contributed by atoms with Crippen molar-refractivity contribution in [3.05, 3.63) is 35.9 Å². The summed E-state index contributed by atoms with van der Waals surface area (Å²) >= 11 is 0. The number of imidazole rings is 1. The van der Waals surface area contributed by atoms with E-state index in [-0.39, 0.29) is 11.4 Å². The lowest BCUT2D eigenvalue weighted by molar-refractivity contribution is -0.521. The van der Waals surface area contributed by atoms with Gasteiger partial charge in [0, 0.05) is 5.54 Å². The molecule has 172 valence electrons. The second-order valence-corrected chi connectivity index (χ2v) is 10.1. The number of alkyl halides is 3. The normalized spacial score (nSPS) is 30.7. The summed E-state index contributed by atoms with van der Waals surface area (Å²) < 4.78 is 33.7. The SMILES string of the molecule is O=C(NC12CC3CC(CC(C3)C1)C2)c1[nH]c(C2CC2)[n+]2ccccc12.O=C([O-])C(F)(F)F. The van der Waals surface area contributed by atoms with Crippen LogP contribution in [0, 0.1) is 17.8 Å². The smallest absolute Gasteiger partial charge is 0.430 e. The number of hydrogen-bond donors (Lipinski definition) is 2. The third-order valence-corrected chi connectivity index (χ3v) is 7.47. The van der Waals surface area contributed by atoms with Crippen molar-refractivity contribution in [1.29, 1.82) is 0 Å². The van der Waals surface area contributed by atoms with Crippen molar-refractivity contribution in [3.8, 4) is 0 Å². The van der Waals surface area contributed by atoms with Crippen LogP contribution in [0.15, 0.2) is 24.4 Å². The Kier molecular flexibility index (Phi) is 4.98. The van der Waals surface area contributed by atoms with Gasteiger partial charge in [-0.15, -0.1) is 0 Å². The van der Waals surface area contributed by atoms with Crippen molar-refractivity contribution in [1.82, 2.24) is 10.3 Å². The standard InChI is InChI=1S/C21H25N3O.C2HF3O2/c25-20(23-21-10-13-7-14(11-21)9-15(8-13)12-21)18-17-3-1-2-6-24(17)19(22-18)16-4-5-16;3-2(4,5)1(6)7/h1-3,6,13-16H,4-5,7-12H2,(H,23,25);(H,6,7). The summed E-state index contributed by atoms with van der Waals surface area (Å²) in [5.41, 5.74) is 1.85. The molecule has 7 rings (SSSR count). The first-order valence-corrected chi connectivity index (χ1v) is 11.3. The largest absolute Gasteiger partial charge is 0.542 e. The number of halogens is 3. The molecular weight excluding hydrogens is 423 g/mol. The van der Waals surface area contributed by atoms with Crippen LogP contribution in [0.3, 0.4) is 0 Å². The molecular formula is C23H26F3N3O3. The third-order valence-electron chi connectivity index (χ3n) is 7.47. The lowest BCUT2D eigenvalue weighted by atomic mass is 9.53. The molecule has 5 saturated carbocycles. The molecule has 5 fully saturated rings. The van der Waals surface area contributed by atoms with E-state index < -0.39 is 12.1 Å². The zero-order valence-corrected chi connectivity index (χ0v) is 17.6. The van der Waals surface area contributed by atoms with E-state index in [1.54, 1.807) is 0 Å². The molecule has 5 aliphatic carbocycles. The Hall–Kier alpha value is -2.58. The molecule has 2 heterocycles. The molecule has 0 radical (unpaired) electrons. The third kappa shape index (κ3) is 3.97. The van der Waals surface area contributed by atoms with Crippen molar-refractivity contribution in [2.45, 2.75) is 69.0 Å². The molecule has 0 atom stereocenters. The first kappa shape index (κ1) is 21.3. The van der Waals surface area contributed by atoms with Gasteiger partial charge in [0.05, 0.1) is 12.1 Å². The molecule has 0 spiro atoms. The molecule has 0 aliphatic heterocycles. The highest BCUT2D eigenvalue weighted by atomic mass is 19.4. The van der Waals surface area contributed by atoms with E-state index in [4.69, 9.17) is 9.90 Å². The van der Waals surface area contributed by atoms with E-state index in [2.05, 4.69) is 27.0 Å². The predicted molar refractivity (Wildman–Crippen MR) is 105 cm³/mol. The van der Waals surface area contributed by atoms with Crippen LogP contribution in [-0.4, -0.2) is 28.6 Å². The van der Waals surface area contributed by atoms with Crippen molar-refractivity contribution in [2.24, 2.45) is 17.8 Å². The molecule has 2 aromatic heterocycles. The number of aliphatic carboxylic acids is 1. The number of aromatic amines is 1. The van der Waals surface area contributed by atoms with Gasteiger partial charge in [0.2, 0.25) is 5.69 Å². The molecule has 0 aromatic carbocycles. The summed E-state index contributed by atoms with van der Waals surface area (Å²) in [6.45, 7) is 0. The van der Waals surface area contributed by atoms with Gasteiger partial charge in [0.25, 0.3) is 11.7 Å². The minimum Gasteiger partial charge on any atom is -0.542 e. The van der Waals surface area contributed by atoms with Crippen molar-refractivity contribution in [3.63, 3.8) is 0 Å². The highest BCUT2D eigenvalue weighted by Gasteiger charge is 2.52. The number of pyridine rings is 1. The molecule has 4 bridgehead atoms. The van der Waals surface area contributed by atoms with E-state index in [1.165, 1.54) is 57.2 Å². The van der Waals surface area contributed by atoms with Gasteiger partial charge < -0.3 is 15.2 Å². The maximum atomic E-state index is 13.2. The summed E-state index contributed by atoms with van der Waals surface area (Å²) in [5.74, 6) is 1.45. The highest BCUT2D eigenvalue weighted by Crippen LogP contribution is 2.55. The molecule has 0 unspecified atom stereocenters. The predicted octanol–water partition coefficient (Wildman–Crippen LogP) is 2.63. The minimum atomic E-state index is -5.19. The summed E-state index contributed by atoms with van der Waals surface area (Å²) in [5, 5.41) is 12.3. The van der Waals surface area contributed by atoms with Crippen molar-refractivity contribution < 1.29 is 32.3 Å². The Morgan fingerprint density at radius 3 is 2.12 bits per heavy atom. The van der Waals surface area contributed by atoms with Crippen LogP contribution >= 0.6 is 0 Å². The number of amides is 1. The van der Waals surface area contributed by atoms with Gasteiger partial charge in [0.15, 0.2) is 5.52 Å². The summed E-state index contributed by atoms with van der Waals surface area (Å²) in [6, 6.07) is 6.14. The fourth-order valence-corrected chi connectivity index (χ4v) is 6.50. The Bertz CT molecular complexity index is 1020. The van der Waals surface area contributed by atoms with Gasteiger partial charge in [-0.1, -0.05) is 6.07 Å². The number of hydrogen-bond acceptors (Lipinski definition) is 3. The molecule has 0 saturated heterocycles. The Balaban J connectivity index is 0.000000272. The maximum absolute atomic E-state index is 13.2. The summed E-state index contributed by atoms with van der Waals surface area (Å²) in [4.78, 5) is 25.5. The second kappa shape index (κ2) is 7.49. The molecule has 5 aliphatic rings. The number of carboxylic acid groups (broad SMARTS) is 1. The van der Waals surface area contributed by atoms with Gasteiger partial charge >= 0.3 is 6.18 Å². The second-order valence-electron chi connectivity index (χ2n) is 10.1. The maximum Gasteiger partial charge on any atom is 0.430 e. The van der Waals surface area contributed by atoms with Crippen molar-refractivity contribution in [2.75, 3.05) is 0 Å². The topological polar surface area (TPSA) is 89.1 Å². The van der Waals surface area contributed by atoms with E-state index in [0.29, 0.717) is 5.92 Å². The van der Waals surface area contributed by atoms with Gasteiger partial charge in [-0.25, -0.2) is 4.98 Å². The lowest BCUT2D eigenvalue weighted by Crippen LogP contribution is -2.59. The average molecular weight is 449 g/mol. The van der Waals surface area contributed by atoms with Gasteiger partial charge in [-0.05, 0) is 81.3 Å². The lowest BCUT2D eigenvalue weighted by Gasteiger charge is -2.56. The monoisotopic (exact) mass is 449 g/mol. The van der Waals surface area contributed by atoms with Gasteiger partial charge in [-0.3, -0.25) is 4.79 Å². The molecule has 2 aromatic rings. The Morgan fingerprint density at radius 2 is 1.62 bits per heavy atom. The van der Waals surface area contributed by atoms with Crippen LogP contribution < -0.4 is 14.8 Å². The summed E-state index contributed by atoms with van der Waals surface area (Å²) in [6.07, 6.45) is 7.17. The van der Waals surface area contributed by atoms with Crippen molar-refractivity contribution >= 4 is 17.4 Å². The minimum absolute atomic E-state index is 0.0719. The van der Waals surface area contributed by atoms with Crippen LogP contribution in [0.1, 0.15) is 73.6 Å². The molecule has 6 nitrogen and oxygen atoms in total. The molecule has 1 amide bonds. The number of fused-ring (bicyclic) bond motifs is 1. The van der Waals surface area contributed by atoms with Gasteiger partial charge in [-0.2, -0.15) is 17.6 Å². The van der Waals surface area contributed by atoms with Gasteiger partial charge in [0.1, 0.15) is 5.97 Å². The Morgan fingerprint density at radius 1 is 1.06 bits per heavy atom. The van der Waals surface area contributed by atoms with Crippen LogP contribution in [0.25, 0.3) is 5.52 Å². The number of rotatable bonds is 3. The first-order valence-electron chi connectivity index (χ1n) is 11.3. The van der Waals surface area contributed by atoms with E-state index in [9.17, 15) is 18.0 Å². The number of nitrogens with one attached hydrogen (secondary N) is 2. The number of carboxylic acids is 1. The summed E-state index contributed by atoms with van der Waals surface area (Å²) in [7, 11) is 0. The quantitative estimate of drug-likeness (QED) is 0.706.